The van der Waals surface area contributed by atoms with E-state index in [1.807, 2.05) is 12.1 Å². The Bertz CT molecular complexity index is 684. The predicted molar refractivity (Wildman–Crippen MR) is 97.5 cm³/mol. The lowest BCUT2D eigenvalue weighted by Crippen LogP contribution is -3.10. The average molecular weight is 394 g/mol. The van der Waals surface area contributed by atoms with E-state index >= 15 is 0 Å². The molecule has 0 saturated carbocycles. The molecule has 0 aromatic heterocycles. The molecule has 0 spiro atoms. The summed E-state index contributed by atoms with van der Waals surface area (Å²) in [5, 5.41) is 2.86. The highest BCUT2D eigenvalue weighted by atomic mass is 79.9. The third kappa shape index (κ3) is 5.14. The fourth-order valence-electron chi connectivity index (χ4n) is 2.51. The van der Waals surface area contributed by atoms with Gasteiger partial charge in [0.25, 0.3) is 5.91 Å². The van der Waals surface area contributed by atoms with Gasteiger partial charge in [0.1, 0.15) is 12.4 Å². The van der Waals surface area contributed by atoms with Gasteiger partial charge >= 0.3 is 0 Å². The van der Waals surface area contributed by atoms with E-state index in [0.29, 0.717) is 16.6 Å². The third-order valence-electron chi connectivity index (χ3n) is 4.11. The molecule has 0 unspecified atom stereocenters. The first-order valence-electron chi connectivity index (χ1n) is 8.18. The van der Waals surface area contributed by atoms with Crippen molar-refractivity contribution in [3.63, 3.8) is 0 Å². The van der Waals surface area contributed by atoms with Crippen LogP contribution in [0.1, 0.15) is 35.3 Å². The highest BCUT2D eigenvalue weighted by Crippen LogP contribution is 2.18. The van der Waals surface area contributed by atoms with Crippen molar-refractivity contribution < 1.29 is 14.1 Å². The molecule has 0 fully saturated rings. The second-order valence-electron chi connectivity index (χ2n) is 5.76. The zero-order chi connectivity index (χ0) is 17.5. The molecule has 2 aromatic rings. The van der Waals surface area contributed by atoms with Gasteiger partial charge in [-0.1, -0.05) is 24.3 Å². The fraction of sp³-hybridized carbons (Fsp3) is 0.316. The van der Waals surface area contributed by atoms with Crippen molar-refractivity contribution in [2.75, 3.05) is 13.1 Å². The lowest BCUT2D eigenvalue weighted by Gasteiger charge is -2.15. The van der Waals surface area contributed by atoms with Gasteiger partial charge in [0.2, 0.25) is 0 Å². The standard InChI is InChI=1S/C19H22BrFN2O/c1-3-23(4-2)13-15-7-5-14(6-8-15)12-22-19(24)17-10-9-16(21)11-18(17)20/h5-11H,3-4,12-13H2,1-2H3,(H,22,24)/p+1. The number of hydrogen-bond donors (Lipinski definition) is 2. The van der Waals surface area contributed by atoms with Gasteiger partial charge in [0.15, 0.2) is 0 Å². The minimum atomic E-state index is -0.371. The van der Waals surface area contributed by atoms with Crippen LogP contribution >= 0.6 is 15.9 Å². The fourth-order valence-corrected chi connectivity index (χ4v) is 3.05. The van der Waals surface area contributed by atoms with Gasteiger partial charge in [0, 0.05) is 16.6 Å². The molecule has 5 heteroatoms. The number of benzene rings is 2. The molecule has 0 heterocycles. The van der Waals surface area contributed by atoms with Crippen LogP contribution in [0.4, 0.5) is 4.39 Å². The van der Waals surface area contributed by atoms with Crippen LogP contribution in [-0.4, -0.2) is 19.0 Å². The predicted octanol–water partition coefficient (Wildman–Crippen LogP) is 2.94. The van der Waals surface area contributed by atoms with Crippen LogP contribution in [0.25, 0.3) is 0 Å². The van der Waals surface area contributed by atoms with Crippen molar-refractivity contribution in [3.8, 4) is 0 Å². The Morgan fingerprint density at radius 1 is 1.08 bits per heavy atom. The van der Waals surface area contributed by atoms with Crippen LogP contribution in [0.15, 0.2) is 46.9 Å². The molecule has 0 atom stereocenters. The minimum Gasteiger partial charge on any atom is -0.348 e. The molecule has 0 aliphatic rings. The van der Waals surface area contributed by atoms with E-state index in [0.717, 1.165) is 25.2 Å². The smallest absolute Gasteiger partial charge is 0.252 e. The number of nitrogens with one attached hydrogen (secondary N) is 2. The zero-order valence-electron chi connectivity index (χ0n) is 14.0. The summed E-state index contributed by atoms with van der Waals surface area (Å²) in [6, 6.07) is 12.4. The van der Waals surface area contributed by atoms with E-state index in [4.69, 9.17) is 0 Å². The number of carbonyl (C=O) groups is 1. The number of hydrogen-bond acceptors (Lipinski definition) is 1. The maximum Gasteiger partial charge on any atom is 0.252 e. The molecule has 0 saturated heterocycles. The van der Waals surface area contributed by atoms with Crippen LogP contribution in [0, 0.1) is 5.82 Å². The largest absolute Gasteiger partial charge is 0.348 e. The lowest BCUT2D eigenvalue weighted by atomic mass is 10.1. The van der Waals surface area contributed by atoms with Crippen LogP contribution in [0.2, 0.25) is 0 Å². The van der Waals surface area contributed by atoms with Gasteiger partial charge in [-0.05, 0) is 53.5 Å². The summed E-state index contributed by atoms with van der Waals surface area (Å²) < 4.78 is 13.5. The van der Waals surface area contributed by atoms with Gasteiger partial charge in [-0.3, -0.25) is 4.79 Å². The first-order valence-corrected chi connectivity index (χ1v) is 8.97. The van der Waals surface area contributed by atoms with Crippen LogP contribution in [-0.2, 0) is 13.1 Å². The molecule has 3 nitrogen and oxygen atoms in total. The second-order valence-corrected chi connectivity index (χ2v) is 6.61. The average Bonchev–Trinajstić information content (AvgIpc) is 2.58. The molecule has 24 heavy (non-hydrogen) atoms. The molecule has 0 aliphatic heterocycles. The number of carbonyl (C=O) groups excluding carboxylic acids is 1. The first kappa shape index (κ1) is 18.6. The summed E-state index contributed by atoms with van der Waals surface area (Å²) in [4.78, 5) is 13.7. The Morgan fingerprint density at radius 3 is 2.29 bits per heavy atom. The molecular formula is C19H23BrFN2O+. The molecule has 0 bridgehead atoms. The topological polar surface area (TPSA) is 33.5 Å². The second kappa shape index (κ2) is 8.94. The minimum absolute atomic E-state index is 0.224. The molecule has 0 radical (unpaired) electrons. The molecule has 128 valence electrons. The Morgan fingerprint density at radius 2 is 1.71 bits per heavy atom. The van der Waals surface area contributed by atoms with Crippen molar-refractivity contribution in [3.05, 3.63) is 69.4 Å². The Labute approximate surface area is 151 Å². The maximum atomic E-state index is 13.1. The monoisotopic (exact) mass is 393 g/mol. The lowest BCUT2D eigenvalue weighted by molar-refractivity contribution is -0.910. The molecule has 2 rings (SSSR count). The number of amides is 1. The van der Waals surface area contributed by atoms with E-state index in [-0.39, 0.29) is 11.7 Å². The number of quaternary nitrogens is 1. The summed E-state index contributed by atoms with van der Waals surface area (Å²) in [5.41, 5.74) is 2.77. The summed E-state index contributed by atoms with van der Waals surface area (Å²) in [6.45, 7) is 8.07. The summed E-state index contributed by atoms with van der Waals surface area (Å²) in [6.07, 6.45) is 0. The SMILES string of the molecule is CC[NH+](CC)Cc1ccc(CNC(=O)c2ccc(F)cc2Br)cc1. The van der Waals surface area contributed by atoms with E-state index < -0.39 is 0 Å². The van der Waals surface area contributed by atoms with E-state index in [9.17, 15) is 9.18 Å². The van der Waals surface area contributed by atoms with Crippen molar-refractivity contribution in [2.24, 2.45) is 0 Å². The van der Waals surface area contributed by atoms with E-state index in [1.165, 1.54) is 28.7 Å². The van der Waals surface area contributed by atoms with E-state index in [1.54, 1.807) is 0 Å². The first-order chi connectivity index (χ1) is 11.5. The van der Waals surface area contributed by atoms with E-state index in [2.05, 4.69) is 47.2 Å². The van der Waals surface area contributed by atoms with Gasteiger partial charge in [-0.25, -0.2) is 4.39 Å². The zero-order valence-corrected chi connectivity index (χ0v) is 15.6. The highest BCUT2D eigenvalue weighted by molar-refractivity contribution is 9.10. The normalized spacial score (nSPS) is 10.9. The van der Waals surface area contributed by atoms with Gasteiger partial charge in [-0.2, -0.15) is 0 Å². The molecule has 2 N–H and O–H groups in total. The number of halogens is 2. The highest BCUT2D eigenvalue weighted by Gasteiger charge is 2.10. The van der Waals surface area contributed by atoms with Crippen LogP contribution in [0.5, 0.6) is 0 Å². The van der Waals surface area contributed by atoms with Crippen LogP contribution < -0.4 is 10.2 Å². The quantitative estimate of drug-likeness (QED) is 0.744. The Kier molecular flexibility index (Phi) is 6.94. The third-order valence-corrected chi connectivity index (χ3v) is 4.76. The Balaban J connectivity index is 1.93. The van der Waals surface area contributed by atoms with Crippen molar-refractivity contribution in [1.82, 2.24) is 5.32 Å². The summed E-state index contributed by atoms with van der Waals surface area (Å²) in [7, 11) is 0. The summed E-state index contributed by atoms with van der Waals surface area (Å²) in [5.74, 6) is -0.595. The summed E-state index contributed by atoms with van der Waals surface area (Å²) >= 11 is 3.22. The molecule has 2 aromatic carbocycles. The van der Waals surface area contributed by atoms with Crippen molar-refractivity contribution in [1.29, 1.82) is 0 Å². The van der Waals surface area contributed by atoms with Crippen molar-refractivity contribution in [2.45, 2.75) is 26.9 Å². The molecular weight excluding hydrogens is 371 g/mol. The Hall–Kier alpha value is -1.72. The van der Waals surface area contributed by atoms with Gasteiger partial charge in [-0.15, -0.1) is 0 Å². The molecule has 1 amide bonds. The van der Waals surface area contributed by atoms with Crippen molar-refractivity contribution >= 4 is 21.8 Å². The number of rotatable bonds is 7. The maximum absolute atomic E-state index is 13.1. The van der Waals surface area contributed by atoms with Gasteiger partial charge < -0.3 is 10.2 Å². The van der Waals surface area contributed by atoms with Crippen LogP contribution in [0.3, 0.4) is 0 Å². The molecule has 0 aliphatic carbocycles. The van der Waals surface area contributed by atoms with Gasteiger partial charge in [0.05, 0.1) is 18.7 Å².